The van der Waals surface area contributed by atoms with Crippen LogP contribution in [0.5, 0.6) is 0 Å². The number of hydrogen-bond donors (Lipinski definition) is 3. The molecular weight excluding hydrogens is 462 g/mol. The molecular formula is C27H35N3O6. The van der Waals surface area contributed by atoms with E-state index < -0.39 is 35.6 Å². The van der Waals surface area contributed by atoms with Gasteiger partial charge in [0.2, 0.25) is 5.71 Å². The Morgan fingerprint density at radius 1 is 1.28 bits per heavy atom. The molecule has 36 heavy (non-hydrogen) atoms. The fraction of sp³-hybridized carbons (Fsp3) is 0.519. The van der Waals surface area contributed by atoms with E-state index in [2.05, 4.69) is 24.0 Å². The van der Waals surface area contributed by atoms with Crippen molar-refractivity contribution in [1.82, 2.24) is 9.55 Å². The van der Waals surface area contributed by atoms with Crippen LogP contribution in [0.3, 0.4) is 0 Å². The first-order valence-corrected chi connectivity index (χ1v) is 12.6. The molecule has 3 heterocycles. The van der Waals surface area contributed by atoms with Gasteiger partial charge in [0.05, 0.1) is 17.6 Å². The lowest BCUT2D eigenvalue weighted by molar-refractivity contribution is -0.148. The Balaban J connectivity index is 1.53. The first-order chi connectivity index (χ1) is 17.1. The number of aliphatic hydroxyl groups excluding tert-OH is 1. The molecule has 4 atom stereocenters. The summed E-state index contributed by atoms with van der Waals surface area (Å²) in [6.45, 7) is 5.61. The summed E-state index contributed by atoms with van der Waals surface area (Å²) < 4.78 is 13.1. The second-order valence-corrected chi connectivity index (χ2v) is 10.1. The van der Waals surface area contributed by atoms with Gasteiger partial charge in [-0.05, 0) is 30.4 Å². The number of ether oxygens (including phenoxy) is 1. The van der Waals surface area contributed by atoms with Gasteiger partial charge in [-0.1, -0.05) is 57.9 Å². The van der Waals surface area contributed by atoms with Crippen molar-refractivity contribution < 1.29 is 24.2 Å². The summed E-state index contributed by atoms with van der Waals surface area (Å²) in [6.07, 6.45) is 3.67. The number of aryl methyl sites for hydroxylation is 1. The third-order valence-electron chi connectivity index (χ3n) is 7.23. The van der Waals surface area contributed by atoms with Gasteiger partial charge in [0.1, 0.15) is 17.5 Å². The Morgan fingerprint density at radius 2 is 2.00 bits per heavy atom. The van der Waals surface area contributed by atoms with E-state index in [1.807, 2.05) is 18.2 Å². The molecule has 1 aromatic carbocycles. The maximum absolute atomic E-state index is 12.8. The molecule has 1 aliphatic heterocycles. The summed E-state index contributed by atoms with van der Waals surface area (Å²) in [5.41, 5.74) is 6.38. The number of aliphatic carboxylic acids is 1. The number of carbonyl (C=O) groups is 1. The highest BCUT2D eigenvalue weighted by Crippen LogP contribution is 2.35. The highest BCUT2D eigenvalue weighted by atomic mass is 16.5. The predicted molar refractivity (Wildman–Crippen MR) is 135 cm³/mol. The van der Waals surface area contributed by atoms with E-state index in [0.29, 0.717) is 11.1 Å². The number of aromatic nitrogens is 2. The molecule has 9 nitrogen and oxygen atoms in total. The summed E-state index contributed by atoms with van der Waals surface area (Å²) in [6, 6.07) is 10.0. The average Bonchev–Trinajstić information content (AvgIpc) is 3.41. The maximum Gasteiger partial charge on any atom is 0.353 e. The smallest absolute Gasteiger partial charge is 0.353 e. The molecule has 4 rings (SSSR count). The lowest BCUT2D eigenvalue weighted by atomic mass is 9.81. The predicted octanol–water partition coefficient (Wildman–Crippen LogP) is 3.87. The lowest BCUT2D eigenvalue weighted by Gasteiger charge is -2.32. The molecule has 0 unspecified atom stereocenters. The van der Waals surface area contributed by atoms with E-state index in [1.54, 1.807) is 20.0 Å². The van der Waals surface area contributed by atoms with Gasteiger partial charge in [-0.3, -0.25) is 9.36 Å². The first kappa shape index (κ1) is 26.1. The van der Waals surface area contributed by atoms with E-state index >= 15 is 0 Å². The molecule has 9 heteroatoms. The van der Waals surface area contributed by atoms with Crippen molar-refractivity contribution >= 4 is 17.1 Å². The number of benzene rings is 1. The van der Waals surface area contributed by atoms with Crippen LogP contribution in [0.1, 0.15) is 64.7 Å². The Bertz CT molecular complexity index is 1260. The molecule has 0 bridgehead atoms. The van der Waals surface area contributed by atoms with E-state index in [-0.39, 0.29) is 24.5 Å². The van der Waals surface area contributed by atoms with Crippen molar-refractivity contribution in [1.29, 1.82) is 0 Å². The van der Waals surface area contributed by atoms with Gasteiger partial charge in [-0.25, -0.2) is 4.79 Å². The minimum absolute atomic E-state index is 0.0770. The van der Waals surface area contributed by atoms with Crippen molar-refractivity contribution in [3.63, 3.8) is 0 Å². The number of unbranched alkanes of at least 4 members (excludes halogenated alkanes) is 2. The molecule has 0 amide bonds. The molecule has 1 saturated heterocycles. The number of aliphatic hydroxyl groups is 1. The van der Waals surface area contributed by atoms with Crippen molar-refractivity contribution in [2.45, 2.75) is 83.3 Å². The summed E-state index contributed by atoms with van der Waals surface area (Å²) in [7, 11) is 0. The second-order valence-electron chi connectivity index (χ2n) is 10.1. The topological polar surface area (TPSA) is 141 Å². The van der Waals surface area contributed by atoms with Crippen LogP contribution in [0.2, 0.25) is 0 Å². The maximum atomic E-state index is 12.8. The summed E-state index contributed by atoms with van der Waals surface area (Å²) in [5.74, 6) is -0.927. The van der Waals surface area contributed by atoms with Gasteiger partial charge in [0, 0.05) is 24.6 Å². The van der Waals surface area contributed by atoms with E-state index in [1.165, 1.54) is 23.0 Å². The molecule has 4 N–H and O–H groups in total. The van der Waals surface area contributed by atoms with Crippen LogP contribution >= 0.6 is 0 Å². The van der Waals surface area contributed by atoms with Crippen LogP contribution < -0.4 is 11.4 Å². The fourth-order valence-corrected chi connectivity index (χ4v) is 4.66. The zero-order valence-electron chi connectivity index (χ0n) is 21.0. The average molecular weight is 498 g/mol. The largest absolute Gasteiger partial charge is 0.480 e. The van der Waals surface area contributed by atoms with Crippen LogP contribution in [-0.4, -0.2) is 43.5 Å². The first-order valence-electron chi connectivity index (χ1n) is 12.6. The molecule has 3 aromatic rings. The van der Waals surface area contributed by atoms with Crippen molar-refractivity contribution in [2.24, 2.45) is 11.7 Å². The minimum atomic E-state index is -1.56. The molecule has 2 aromatic heterocycles. The van der Waals surface area contributed by atoms with Gasteiger partial charge in [-0.15, -0.1) is 0 Å². The zero-order chi connectivity index (χ0) is 26.0. The normalized spacial score (nSPS) is 21.8. The number of carboxylic acids is 1. The molecule has 0 spiro atoms. The van der Waals surface area contributed by atoms with Crippen LogP contribution in [0.25, 0.3) is 22.4 Å². The number of hydrogen-bond acceptors (Lipinski definition) is 7. The van der Waals surface area contributed by atoms with Crippen molar-refractivity contribution in [3.8, 4) is 11.3 Å². The van der Waals surface area contributed by atoms with Crippen LogP contribution in [0, 0.1) is 5.92 Å². The number of nitrogens with two attached hydrogens (primary N) is 1. The lowest BCUT2D eigenvalue weighted by Crippen LogP contribution is -2.55. The SMILES string of the molecule is CCCCCc1ccc(-c2cc3cn([C@H]4C[C@H](O)[C@@H](C[C@@](N)(C(=O)O)C(C)C)O4)c(=O)nc3o2)cc1. The number of carboxylic acid groups (broad SMARTS) is 1. The van der Waals surface area contributed by atoms with Crippen LogP contribution in [-0.2, 0) is 16.0 Å². The summed E-state index contributed by atoms with van der Waals surface area (Å²) in [4.78, 5) is 28.6. The zero-order valence-corrected chi connectivity index (χ0v) is 21.0. The molecule has 0 radical (unpaired) electrons. The van der Waals surface area contributed by atoms with Gasteiger partial charge in [0.25, 0.3) is 0 Å². The van der Waals surface area contributed by atoms with E-state index in [4.69, 9.17) is 14.9 Å². The molecule has 194 valence electrons. The molecule has 1 fully saturated rings. The fourth-order valence-electron chi connectivity index (χ4n) is 4.66. The summed E-state index contributed by atoms with van der Waals surface area (Å²) >= 11 is 0. The van der Waals surface area contributed by atoms with E-state index in [0.717, 1.165) is 18.4 Å². The van der Waals surface area contributed by atoms with Gasteiger partial charge >= 0.3 is 11.7 Å². The third-order valence-corrected chi connectivity index (χ3v) is 7.23. The minimum Gasteiger partial charge on any atom is -0.480 e. The number of rotatable bonds is 10. The highest BCUT2D eigenvalue weighted by molar-refractivity contribution is 5.79. The van der Waals surface area contributed by atoms with E-state index in [9.17, 15) is 19.8 Å². The Morgan fingerprint density at radius 3 is 2.64 bits per heavy atom. The standard InChI is InChI=1S/C27H35N3O6/c1-4-5-6-7-17-8-10-18(11-9-17)21-12-19-15-30(26(34)29-24(19)36-21)23-13-20(31)22(35-23)14-27(28,16(2)3)25(32)33/h8-12,15-16,20,22-23,31H,4-7,13-14,28H2,1-3H3,(H,32,33)/t20-,22+,23+,27-/m0/s1. The molecule has 0 saturated carbocycles. The highest BCUT2D eigenvalue weighted by Gasteiger charge is 2.45. The van der Waals surface area contributed by atoms with Crippen LogP contribution in [0.4, 0.5) is 0 Å². The molecule has 1 aliphatic rings. The third kappa shape index (κ3) is 5.23. The van der Waals surface area contributed by atoms with Crippen molar-refractivity contribution in [3.05, 3.63) is 52.6 Å². The Kier molecular flexibility index (Phi) is 7.63. The summed E-state index contributed by atoms with van der Waals surface area (Å²) in [5, 5.41) is 20.8. The number of fused-ring (bicyclic) bond motifs is 1. The number of furan rings is 1. The van der Waals surface area contributed by atoms with Gasteiger partial charge in [0.15, 0.2) is 0 Å². The van der Waals surface area contributed by atoms with Gasteiger partial charge in [-0.2, -0.15) is 4.98 Å². The van der Waals surface area contributed by atoms with Gasteiger partial charge < -0.3 is 25.1 Å². The Labute approximate surface area is 209 Å². The quantitative estimate of drug-likeness (QED) is 0.359. The number of nitrogens with zero attached hydrogens (tertiary/aromatic N) is 2. The monoisotopic (exact) mass is 497 g/mol. The Hall–Kier alpha value is -3.01. The second kappa shape index (κ2) is 10.5. The van der Waals surface area contributed by atoms with Crippen LogP contribution in [0.15, 0.2) is 45.7 Å². The van der Waals surface area contributed by atoms with Crippen molar-refractivity contribution in [2.75, 3.05) is 0 Å². The molecule has 0 aliphatic carbocycles.